The predicted molar refractivity (Wildman–Crippen MR) is 71.0 cm³/mol. The van der Waals surface area contributed by atoms with Gasteiger partial charge in [-0.15, -0.1) is 0 Å². The summed E-state index contributed by atoms with van der Waals surface area (Å²) in [6, 6.07) is 0. The summed E-state index contributed by atoms with van der Waals surface area (Å²) in [5.74, 6) is -0.412. The van der Waals surface area contributed by atoms with E-state index in [4.69, 9.17) is 5.73 Å². The third-order valence-electron chi connectivity index (χ3n) is 4.00. The SMILES string of the molecule is CCC(CC)(CN)C(=O)NCCN1C(=O)CCC1=O. The predicted octanol–water partition coefficient (Wildman–Crippen LogP) is 0.0167. The van der Waals surface area contributed by atoms with Crippen LogP contribution < -0.4 is 11.1 Å². The van der Waals surface area contributed by atoms with Crippen LogP contribution in [0, 0.1) is 5.41 Å². The summed E-state index contributed by atoms with van der Waals surface area (Å²) < 4.78 is 0. The summed E-state index contributed by atoms with van der Waals surface area (Å²) in [4.78, 5) is 36.1. The summed E-state index contributed by atoms with van der Waals surface area (Å²) in [6.45, 7) is 4.70. The minimum Gasteiger partial charge on any atom is -0.354 e. The molecule has 0 aliphatic carbocycles. The fourth-order valence-corrected chi connectivity index (χ4v) is 2.29. The number of carbonyl (C=O) groups is 3. The van der Waals surface area contributed by atoms with Gasteiger partial charge in [-0.2, -0.15) is 0 Å². The van der Waals surface area contributed by atoms with Gasteiger partial charge in [0, 0.05) is 32.5 Å². The van der Waals surface area contributed by atoms with Crippen molar-refractivity contribution in [1.82, 2.24) is 10.2 Å². The second-order valence-electron chi connectivity index (χ2n) is 4.89. The number of hydrogen-bond donors (Lipinski definition) is 2. The molecule has 1 aliphatic rings. The molecule has 0 unspecified atom stereocenters. The van der Waals surface area contributed by atoms with E-state index in [1.54, 1.807) is 0 Å². The van der Waals surface area contributed by atoms with Gasteiger partial charge in [0.15, 0.2) is 0 Å². The molecule has 0 bridgehead atoms. The van der Waals surface area contributed by atoms with Crippen molar-refractivity contribution >= 4 is 17.7 Å². The van der Waals surface area contributed by atoms with Gasteiger partial charge in [0.05, 0.1) is 5.41 Å². The molecular formula is C13H23N3O3. The van der Waals surface area contributed by atoms with Gasteiger partial charge < -0.3 is 11.1 Å². The standard InChI is InChI=1S/C13H23N3O3/c1-3-13(4-2,9-14)12(19)15-7-8-16-10(17)5-6-11(16)18/h3-9,14H2,1-2H3,(H,15,19). The zero-order valence-electron chi connectivity index (χ0n) is 11.7. The van der Waals surface area contributed by atoms with Gasteiger partial charge in [0.1, 0.15) is 0 Å². The maximum absolute atomic E-state index is 12.1. The minimum absolute atomic E-state index is 0.0981. The number of rotatable bonds is 7. The van der Waals surface area contributed by atoms with E-state index in [1.807, 2.05) is 13.8 Å². The average Bonchev–Trinajstić information content (AvgIpc) is 2.73. The van der Waals surface area contributed by atoms with Crippen molar-refractivity contribution in [1.29, 1.82) is 0 Å². The van der Waals surface area contributed by atoms with Gasteiger partial charge in [-0.25, -0.2) is 0 Å². The molecule has 0 aromatic heterocycles. The molecule has 1 heterocycles. The van der Waals surface area contributed by atoms with Crippen molar-refractivity contribution in [3.05, 3.63) is 0 Å². The number of hydrogen-bond acceptors (Lipinski definition) is 4. The second kappa shape index (κ2) is 6.65. The monoisotopic (exact) mass is 269 g/mol. The number of amides is 3. The molecule has 0 aromatic carbocycles. The summed E-state index contributed by atoms with van der Waals surface area (Å²) in [5.41, 5.74) is 5.15. The molecule has 6 heteroatoms. The van der Waals surface area contributed by atoms with E-state index in [-0.39, 0.29) is 43.7 Å². The second-order valence-corrected chi connectivity index (χ2v) is 4.89. The van der Waals surface area contributed by atoms with Crippen molar-refractivity contribution in [2.45, 2.75) is 39.5 Å². The fourth-order valence-electron chi connectivity index (χ4n) is 2.29. The van der Waals surface area contributed by atoms with Gasteiger partial charge in [0.25, 0.3) is 0 Å². The fraction of sp³-hybridized carbons (Fsp3) is 0.769. The van der Waals surface area contributed by atoms with E-state index >= 15 is 0 Å². The van der Waals surface area contributed by atoms with Crippen LogP contribution >= 0.6 is 0 Å². The van der Waals surface area contributed by atoms with Crippen LogP contribution in [-0.2, 0) is 14.4 Å². The summed E-state index contributed by atoms with van der Waals surface area (Å²) in [6.07, 6.45) is 1.91. The number of likely N-dealkylation sites (tertiary alicyclic amines) is 1. The van der Waals surface area contributed by atoms with E-state index in [2.05, 4.69) is 5.32 Å². The Kier molecular flexibility index (Phi) is 5.47. The van der Waals surface area contributed by atoms with Crippen molar-refractivity contribution in [3.63, 3.8) is 0 Å². The highest BCUT2D eigenvalue weighted by Gasteiger charge is 2.33. The lowest BCUT2D eigenvalue weighted by Gasteiger charge is -2.28. The Morgan fingerprint density at radius 1 is 1.26 bits per heavy atom. The molecule has 0 saturated carbocycles. The molecule has 1 aliphatic heterocycles. The summed E-state index contributed by atoms with van der Waals surface area (Å²) in [7, 11) is 0. The Morgan fingerprint density at radius 3 is 2.21 bits per heavy atom. The number of nitrogens with two attached hydrogens (primary N) is 1. The Bertz CT molecular complexity index is 340. The van der Waals surface area contributed by atoms with Crippen molar-refractivity contribution in [3.8, 4) is 0 Å². The average molecular weight is 269 g/mol. The molecule has 0 atom stereocenters. The highest BCUT2D eigenvalue weighted by atomic mass is 16.2. The Morgan fingerprint density at radius 2 is 1.79 bits per heavy atom. The van der Waals surface area contributed by atoms with Gasteiger partial charge in [-0.05, 0) is 12.8 Å². The van der Waals surface area contributed by atoms with Crippen molar-refractivity contribution in [2.75, 3.05) is 19.6 Å². The van der Waals surface area contributed by atoms with Crippen LogP contribution in [0.2, 0.25) is 0 Å². The van der Waals surface area contributed by atoms with Crippen molar-refractivity contribution in [2.24, 2.45) is 11.1 Å². The topological polar surface area (TPSA) is 92.5 Å². The number of nitrogens with zero attached hydrogens (tertiary/aromatic N) is 1. The van der Waals surface area contributed by atoms with E-state index in [0.29, 0.717) is 19.4 Å². The Labute approximate surface area is 113 Å². The number of carbonyl (C=O) groups excluding carboxylic acids is 3. The van der Waals surface area contributed by atoms with Crippen LogP contribution in [0.1, 0.15) is 39.5 Å². The van der Waals surface area contributed by atoms with Crippen molar-refractivity contribution < 1.29 is 14.4 Å². The maximum atomic E-state index is 12.1. The molecule has 1 fully saturated rings. The first-order valence-corrected chi connectivity index (χ1v) is 6.82. The van der Waals surface area contributed by atoms with E-state index in [9.17, 15) is 14.4 Å². The summed E-state index contributed by atoms with van der Waals surface area (Å²) >= 11 is 0. The Balaban J connectivity index is 2.46. The van der Waals surface area contributed by atoms with Gasteiger partial charge in [-0.3, -0.25) is 19.3 Å². The lowest BCUT2D eigenvalue weighted by molar-refractivity contribution is -0.139. The van der Waals surface area contributed by atoms with Crippen LogP contribution in [0.25, 0.3) is 0 Å². The molecule has 6 nitrogen and oxygen atoms in total. The third-order valence-corrected chi connectivity index (χ3v) is 4.00. The third kappa shape index (κ3) is 3.32. The minimum atomic E-state index is -0.543. The Hall–Kier alpha value is -1.43. The van der Waals surface area contributed by atoms with E-state index in [1.165, 1.54) is 4.90 Å². The normalized spacial score (nSPS) is 16.1. The first-order valence-electron chi connectivity index (χ1n) is 6.82. The first-order chi connectivity index (χ1) is 9.00. The van der Waals surface area contributed by atoms with Crippen LogP contribution in [0.5, 0.6) is 0 Å². The summed E-state index contributed by atoms with van der Waals surface area (Å²) in [5, 5.41) is 2.78. The molecule has 0 radical (unpaired) electrons. The lowest BCUT2D eigenvalue weighted by Crippen LogP contribution is -2.47. The smallest absolute Gasteiger partial charge is 0.229 e. The highest BCUT2D eigenvalue weighted by molar-refractivity contribution is 6.01. The van der Waals surface area contributed by atoms with E-state index in [0.717, 1.165) is 0 Å². The van der Waals surface area contributed by atoms with Crippen LogP contribution in [0.15, 0.2) is 0 Å². The maximum Gasteiger partial charge on any atom is 0.229 e. The zero-order chi connectivity index (χ0) is 14.5. The molecule has 3 amide bonds. The van der Waals surface area contributed by atoms with Gasteiger partial charge in [-0.1, -0.05) is 13.8 Å². The molecule has 1 rings (SSSR count). The highest BCUT2D eigenvalue weighted by Crippen LogP contribution is 2.24. The molecule has 0 aromatic rings. The van der Waals surface area contributed by atoms with Crippen LogP contribution in [0.3, 0.4) is 0 Å². The van der Waals surface area contributed by atoms with Crippen LogP contribution in [-0.4, -0.2) is 42.3 Å². The number of nitrogens with one attached hydrogen (secondary N) is 1. The molecule has 19 heavy (non-hydrogen) atoms. The zero-order valence-corrected chi connectivity index (χ0v) is 11.7. The lowest BCUT2D eigenvalue weighted by atomic mass is 9.81. The van der Waals surface area contributed by atoms with E-state index < -0.39 is 5.41 Å². The van der Waals surface area contributed by atoms with Gasteiger partial charge >= 0.3 is 0 Å². The largest absolute Gasteiger partial charge is 0.354 e. The first kappa shape index (κ1) is 15.6. The molecule has 108 valence electrons. The molecular weight excluding hydrogens is 246 g/mol. The molecule has 0 spiro atoms. The molecule has 1 saturated heterocycles. The molecule has 3 N–H and O–H groups in total. The van der Waals surface area contributed by atoms with Crippen LogP contribution in [0.4, 0.5) is 0 Å². The quantitative estimate of drug-likeness (QED) is 0.637. The van der Waals surface area contributed by atoms with Gasteiger partial charge in [0.2, 0.25) is 17.7 Å². The number of imide groups is 1.